The summed E-state index contributed by atoms with van der Waals surface area (Å²) in [6, 6.07) is 6.21. The Hall–Kier alpha value is -1.89. The Bertz CT molecular complexity index is 564. The number of nitrogens with one attached hydrogen (secondary N) is 2. The summed E-state index contributed by atoms with van der Waals surface area (Å²) < 4.78 is 22.2. The summed E-state index contributed by atoms with van der Waals surface area (Å²) in [7, 11) is -1.61. The maximum atomic E-state index is 11.7. The van der Waals surface area contributed by atoms with Gasteiger partial charge in [-0.3, -0.25) is 9.59 Å². The number of hydrogen-bond acceptors (Lipinski definition) is 4. The smallest absolute Gasteiger partial charge is 0.251 e. The summed E-state index contributed by atoms with van der Waals surface area (Å²) in [5.41, 5.74) is 0.992. The fourth-order valence-corrected chi connectivity index (χ4v) is 2.20. The predicted octanol–water partition coefficient (Wildman–Crippen LogP) is -0.293. The molecule has 0 atom stereocenters. The van der Waals surface area contributed by atoms with Crippen LogP contribution in [0.3, 0.4) is 0 Å². The molecule has 0 bridgehead atoms. The van der Waals surface area contributed by atoms with Gasteiger partial charge in [-0.15, -0.1) is 0 Å². The van der Waals surface area contributed by atoms with E-state index in [0.717, 1.165) is 6.26 Å². The van der Waals surface area contributed by atoms with E-state index in [2.05, 4.69) is 10.6 Å². The van der Waals surface area contributed by atoms with Gasteiger partial charge in [0.05, 0.1) is 12.3 Å². The summed E-state index contributed by atoms with van der Waals surface area (Å²) in [4.78, 5) is 22.6. The molecule has 1 aromatic rings. The molecule has 0 aliphatic heterocycles. The second-order valence-corrected chi connectivity index (χ2v) is 6.26. The van der Waals surface area contributed by atoms with Crippen LogP contribution in [0.2, 0.25) is 0 Å². The third-order valence-electron chi connectivity index (χ3n) is 2.33. The van der Waals surface area contributed by atoms with Gasteiger partial charge in [-0.25, -0.2) is 8.42 Å². The van der Waals surface area contributed by atoms with E-state index in [-0.39, 0.29) is 24.1 Å². The van der Waals surface area contributed by atoms with Gasteiger partial charge in [0, 0.05) is 18.9 Å². The van der Waals surface area contributed by atoms with E-state index < -0.39 is 9.84 Å². The molecule has 1 rings (SSSR count). The van der Waals surface area contributed by atoms with Crippen LogP contribution in [0.25, 0.3) is 0 Å². The summed E-state index contributed by atoms with van der Waals surface area (Å²) >= 11 is 0. The number of benzene rings is 1. The Morgan fingerprint density at radius 3 is 2.21 bits per heavy atom. The molecule has 0 fully saturated rings. The van der Waals surface area contributed by atoms with Gasteiger partial charge >= 0.3 is 0 Å². The Labute approximate surface area is 112 Å². The fraction of sp³-hybridized carbons (Fsp3) is 0.333. The van der Waals surface area contributed by atoms with Crippen molar-refractivity contribution in [2.24, 2.45) is 0 Å². The van der Waals surface area contributed by atoms with E-state index in [1.165, 1.54) is 19.2 Å². The highest BCUT2D eigenvalue weighted by molar-refractivity contribution is 7.89. The van der Waals surface area contributed by atoms with Crippen molar-refractivity contribution in [3.63, 3.8) is 0 Å². The third-order valence-corrected chi connectivity index (χ3v) is 3.19. The molecule has 2 amide bonds. The van der Waals surface area contributed by atoms with Crippen LogP contribution in [-0.4, -0.2) is 40.1 Å². The Morgan fingerprint density at radius 1 is 1.16 bits per heavy atom. The van der Waals surface area contributed by atoms with Crippen molar-refractivity contribution in [1.29, 1.82) is 0 Å². The predicted molar refractivity (Wildman–Crippen MR) is 71.4 cm³/mol. The average molecular weight is 284 g/mol. The number of likely N-dealkylation sites (N-methyl/N-ethyl adjacent to an activating group) is 1. The Balaban J connectivity index is 2.66. The SMILES string of the molecule is CNC(=O)CNC(=O)c1ccc(CS(C)(=O)=O)cc1. The molecule has 0 aromatic heterocycles. The lowest BCUT2D eigenvalue weighted by Gasteiger charge is -2.05. The molecule has 19 heavy (non-hydrogen) atoms. The van der Waals surface area contributed by atoms with Crippen LogP contribution in [0.4, 0.5) is 0 Å². The number of hydrogen-bond donors (Lipinski definition) is 2. The van der Waals surface area contributed by atoms with E-state index >= 15 is 0 Å². The molecule has 6 nitrogen and oxygen atoms in total. The molecule has 0 radical (unpaired) electrons. The summed E-state index contributed by atoms with van der Waals surface area (Å²) in [6.45, 7) is -0.0968. The monoisotopic (exact) mass is 284 g/mol. The highest BCUT2D eigenvalue weighted by Crippen LogP contribution is 2.07. The van der Waals surface area contributed by atoms with Crippen LogP contribution in [0.1, 0.15) is 15.9 Å². The van der Waals surface area contributed by atoms with Crippen molar-refractivity contribution in [3.8, 4) is 0 Å². The number of sulfone groups is 1. The van der Waals surface area contributed by atoms with Gasteiger partial charge in [0.2, 0.25) is 5.91 Å². The topological polar surface area (TPSA) is 92.3 Å². The maximum Gasteiger partial charge on any atom is 0.251 e. The summed E-state index contributed by atoms with van der Waals surface area (Å²) in [5, 5.41) is 4.83. The number of rotatable bonds is 5. The minimum Gasteiger partial charge on any atom is -0.358 e. The second kappa shape index (κ2) is 6.33. The van der Waals surface area contributed by atoms with Crippen LogP contribution in [-0.2, 0) is 20.4 Å². The molecule has 0 heterocycles. The lowest BCUT2D eigenvalue weighted by atomic mass is 10.1. The van der Waals surface area contributed by atoms with E-state index in [9.17, 15) is 18.0 Å². The normalized spacial score (nSPS) is 10.8. The number of carbonyl (C=O) groups is 2. The maximum absolute atomic E-state index is 11.7. The van der Waals surface area contributed by atoms with E-state index in [4.69, 9.17) is 0 Å². The molecule has 0 spiro atoms. The molecule has 7 heteroatoms. The lowest BCUT2D eigenvalue weighted by Crippen LogP contribution is -2.35. The van der Waals surface area contributed by atoms with Crippen molar-refractivity contribution in [3.05, 3.63) is 35.4 Å². The van der Waals surface area contributed by atoms with Crippen molar-refractivity contribution in [2.75, 3.05) is 19.8 Å². The molecule has 0 aliphatic carbocycles. The Kier molecular flexibility index (Phi) is 5.05. The minimum absolute atomic E-state index is 0.0624. The summed E-state index contributed by atoms with van der Waals surface area (Å²) in [5.74, 6) is -0.732. The van der Waals surface area contributed by atoms with Crippen molar-refractivity contribution < 1.29 is 18.0 Å². The molecule has 0 unspecified atom stereocenters. The van der Waals surface area contributed by atoms with Gasteiger partial charge < -0.3 is 10.6 Å². The fourth-order valence-electron chi connectivity index (χ4n) is 1.41. The van der Waals surface area contributed by atoms with Gasteiger partial charge in [0.1, 0.15) is 0 Å². The highest BCUT2D eigenvalue weighted by Gasteiger charge is 2.08. The first kappa shape index (κ1) is 15.2. The lowest BCUT2D eigenvalue weighted by molar-refractivity contribution is -0.119. The minimum atomic E-state index is -3.09. The van der Waals surface area contributed by atoms with Crippen LogP contribution < -0.4 is 10.6 Å². The highest BCUT2D eigenvalue weighted by atomic mass is 32.2. The molecule has 0 aliphatic rings. The van der Waals surface area contributed by atoms with Crippen LogP contribution >= 0.6 is 0 Å². The zero-order chi connectivity index (χ0) is 14.5. The molecular weight excluding hydrogens is 268 g/mol. The van der Waals surface area contributed by atoms with E-state index in [1.54, 1.807) is 12.1 Å². The van der Waals surface area contributed by atoms with Crippen molar-refractivity contribution in [2.45, 2.75) is 5.75 Å². The second-order valence-electron chi connectivity index (χ2n) is 4.12. The summed E-state index contributed by atoms with van der Waals surface area (Å²) in [6.07, 6.45) is 1.15. The standard InChI is InChI=1S/C12H16N2O4S/c1-13-11(15)7-14-12(16)10-5-3-9(4-6-10)8-19(2,17)18/h3-6H,7-8H2,1-2H3,(H,13,15)(H,14,16). The van der Waals surface area contributed by atoms with Crippen LogP contribution in [0.15, 0.2) is 24.3 Å². The van der Waals surface area contributed by atoms with Crippen LogP contribution in [0, 0.1) is 0 Å². The number of carbonyl (C=O) groups excluding carboxylic acids is 2. The quantitative estimate of drug-likeness (QED) is 0.777. The van der Waals surface area contributed by atoms with Gasteiger partial charge in [0.15, 0.2) is 9.84 Å². The molecule has 2 N–H and O–H groups in total. The van der Waals surface area contributed by atoms with Gasteiger partial charge in [-0.2, -0.15) is 0 Å². The molecule has 0 saturated carbocycles. The van der Waals surface area contributed by atoms with Gasteiger partial charge in [-0.05, 0) is 17.7 Å². The zero-order valence-electron chi connectivity index (χ0n) is 10.8. The molecular formula is C12H16N2O4S. The van der Waals surface area contributed by atoms with E-state index in [1.807, 2.05) is 0 Å². The van der Waals surface area contributed by atoms with Crippen LogP contribution in [0.5, 0.6) is 0 Å². The van der Waals surface area contributed by atoms with Gasteiger partial charge in [-0.1, -0.05) is 12.1 Å². The number of amides is 2. The molecule has 104 valence electrons. The first-order valence-corrected chi connectivity index (χ1v) is 7.63. The Morgan fingerprint density at radius 2 is 1.74 bits per heavy atom. The molecule has 1 aromatic carbocycles. The third kappa shape index (κ3) is 5.52. The first-order valence-electron chi connectivity index (χ1n) is 5.57. The molecule has 0 saturated heterocycles. The average Bonchev–Trinajstić information content (AvgIpc) is 2.34. The van der Waals surface area contributed by atoms with Gasteiger partial charge in [0.25, 0.3) is 5.91 Å². The van der Waals surface area contributed by atoms with Crippen molar-refractivity contribution in [1.82, 2.24) is 10.6 Å². The first-order chi connectivity index (χ1) is 8.81. The largest absolute Gasteiger partial charge is 0.358 e. The van der Waals surface area contributed by atoms with Crippen molar-refractivity contribution >= 4 is 21.7 Å². The van der Waals surface area contributed by atoms with E-state index in [0.29, 0.717) is 11.1 Å². The zero-order valence-corrected chi connectivity index (χ0v) is 11.6.